The number of carbonyl (C=O) groups excluding carboxylic acids is 1. The van der Waals surface area contributed by atoms with Crippen molar-refractivity contribution >= 4 is 22.8 Å². The predicted octanol–water partition coefficient (Wildman–Crippen LogP) is 2.05. The highest BCUT2D eigenvalue weighted by atomic mass is 16.6. The van der Waals surface area contributed by atoms with Crippen LogP contribution in [0.25, 0.3) is 10.9 Å². The summed E-state index contributed by atoms with van der Waals surface area (Å²) in [4.78, 5) is 18.9. The van der Waals surface area contributed by atoms with Crippen LogP contribution >= 0.6 is 0 Å². The number of aromatic amines is 1. The van der Waals surface area contributed by atoms with E-state index in [1.807, 2.05) is 30.5 Å². The third kappa shape index (κ3) is 1.71. The van der Waals surface area contributed by atoms with Gasteiger partial charge in [-0.05, 0) is 11.6 Å². The molecule has 1 aliphatic heterocycles. The van der Waals surface area contributed by atoms with Crippen LogP contribution in [-0.4, -0.2) is 22.9 Å². The Bertz CT molecular complexity index is 613. The summed E-state index contributed by atoms with van der Waals surface area (Å²) in [6.45, 7) is 1.70. The van der Waals surface area contributed by atoms with Gasteiger partial charge in [-0.25, -0.2) is 9.79 Å². The van der Waals surface area contributed by atoms with Crippen molar-refractivity contribution in [3.8, 4) is 0 Å². The molecule has 0 fully saturated rings. The van der Waals surface area contributed by atoms with E-state index in [4.69, 9.17) is 4.74 Å². The summed E-state index contributed by atoms with van der Waals surface area (Å²) in [6.07, 6.45) is 2.52. The van der Waals surface area contributed by atoms with E-state index >= 15 is 0 Å². The number of esters is 1. The lowest BCUT2D eigenvalue weighted by atomic mass is 10.1. The largest absolute Gasteiger partial charge is 0.411 e. The van der Waals surface area contributed by atoms with Crippen molar-refractivity contribution in [1.29, 1.82) is 0 Å². The molecule has 86 valence electrons. The summed E-state index contributed by atoms with van der Waals surface area (Å²) >= 11 is 0. The van der Waals surface area contributed by atoms with E-state index in [0.717, 1.165) is 16.5 Å². The Kier molecular flexibility index (Phi) is 2.21. The standard InChI is InChI=1S/C13H12N2O2/c1-8-15-12(13(16)17-8)6-9-7-14-11-5-3-2-4-10(9)11/h2-5,7,12,14H,6H2,1H3. The number of benzene rings is 1. The maximum Gasteiger partial charge on any atom is 0.337 e. The van der Waals surface area contributed by atoms with E-state index < -0.39 is 6.04 Å². The molecule has 2 heterocycles. The van der Waals surface area contributed by atoms with Crippen molar-refractivity contribution in [1.82, 2.24) is 4.98 Å². The highest BCUT2D eigenvalue weighted by molar-refractivity contribution is 5.96. The summed E-state index contributed by atoms with van der Waals surface area (Å²) < 4.78 is 4.94. The molecule has 0 aliphatic carbocycles. The molecule has 0 saturated heterocycles. The molecule has 1 atom stereocenters. The minimum atomic E-state index is -0.394. The first-order chi connectivity index (χ1) is 8.24. The van der Waals surface area contributed by atoms with E-state index in [0.29, 0.717) is 12.3 Å². The second-order valence-corrected chi connectivity index (χ2v) is 4.15. The molecule has 2 aromatic rings. The summed E-state index contributed by atoms with van der Waals surface area (Å²) in [6, 6.07) is 7.63. The molecule has 1 aromatic heterocycles. The summed E-state index contributed by atoms with van der Waals surface area (Å²) in [7, 11) is 0. The Morgan fingerprint density at radius 1 is 1.41 bits per heavy atom. The zero-order valence-corrected chi connectivity index (χ0v) is 9.43. The van der Waals surface area contributed by atoms with Gasteiger partial charge in [-0.3, -0.25) is 0 Å². The molecule has 4 heteroatoms. The summed E-state index contributed by atoms with van der Waals surface area (Å²) in [5.41, 5.74) is 2.18. The van der Waals surface area contributed by atoms with Gasteiger partial charge in [-0.2, -0.15) is 0 Å². The molecule has 0 radical (unpaired) electrons. The van der Waals surface area contributed by atoms with E-state index in [9.17, 15) is 4.79 Å². The number of para-hydroxylation sites is 1. The zero-order valence-electron chi connectivity index (χ0n) is 9.43. The maximum absolute atomic E-state index is 11.5. The van der Waals surface area contributed by atoms with Gasteiger partial charge in [0, 0.05) is 30.4 Å². The van der Waals surface area contributed by atoms with Gasteiger partial charge in [-0.1, -0.05) is 18.2 Å². The quantitative estimate of drug-likeness (QED) is 0.800. The van der Waals surface area contributed by atoms with Gasteiger partial charge in [0.05, 0.1) is 0 Å². The van der Waals surface area contributed by atoms with E-state index in [2.05, 4.69) is 9.98 Å². The SMILES string of the molecule is CC1=NC(Cc2c[nH]c3ccccc23)C(=O)O1. The fourth-order valence-electron chi connectivity index (χ4n) is 2.15. The van der Waals surface area contributed by atoms with Crippen LogP contribution in [0.2, 0.25) is 0 Å². The van der Waals surface area contributed by atoms with Crippen molar-refractivity contribution in [3.63, 3.8) is 0 Å². The van der Waals surface area contributed by atoms with Crippen molar-refractivity contribution in [3.05, 3.63) is 36.0 Å². The molecule has 1 N–H and O–H groups in total. The zero-order chi connectivity index (χ0) is 11.8. The monoisotopic (exact) mass is 228 g/mol. The van der Waals surface area contributed by atoms with Gasteiger partial charge >= 0.3 is 5.97 Å². The van der Waals surface area contributed by atoms with Gasteiger partial charge < -0.3 is 9.72 Å². The van der Waals surface area contributed by atoms with Crippen LogP contribution in [0, 0.1) is 0 Å². The van der Waals surface area contributed by atoms with Gasteiger partial charge in [-0.15, -0.1) is 0 Å². The Balaban J connectivity index is 1.93. The summed E-state index contributed by atoms with van der Waals surface area (Å²) in [5, 5.41) is 1.14. The molecule has 1 aliphatic rings. The number of hydrogen-bond acceptors (Lipinski definition) is 3. The van der Waals surface area contributed by atoms with Gasteiger partial charge in [0.25, 0.3) is 0 Å². The van der Waals surface area contributed by atoms with Crippen LogP contribution in [0.3, 0.4) is 0 Å². The molecule has 4 nitrogen and oxygen atoms in total. The third-order valence-electron chi connectivity index (χ3n) is 2.95. The Labute approximate surface area is 98.3 Å². The van der Waals surface area contributed by atoms with E-state index in [-0.39, 0.29) is 5.97 Å². The number of carbonyl (C=O) groups is 1. The molecule has 0 spiro atoms. The number of nitrogens with one attached hydrogen (secondary N) is 1. The third-order valence-corrected chi connectivity index (χ3v) is 2.95. The predicted molar refractivity (Wildman–Crippen MR) is 65.0 cm³/mol. The van der Waals surface area contributed by atoms with Crippen LogP contribution in [0.1, 0.15) is 12.5 Å². The first kappa shape index (κ1) is 10.1. The molecule has 17 heavy (non-hydrogen) atoms. The average Bonchev–Trinajstić information content (AvgIpc) is 2.85. The molecule has 3 rings (SSSR count). The number of H-pyrrole nitrogens is 1. The maximum atomic E-state index is 11.5. The van der Waals surface area contributed by atoms with E-state index in [1.165, 1.54) is 0 Å². The Morgan fingerprint density at radius 2 is 2.24 bits per heavy atom. The van der Waals surface area contributed by atoms with Crippen molar-refractivity contribution in [2.75, 3.05) is 0 Å². The second-order valence-electron chi connectivity index (χ2n) is 4.15. The van der Waals surface area contributed by atoms with Gasteiger partial charge in [0.15, 0.2) is 11.9 Å². The average molecular weight is 228 g/mol. The molecule has 0 saturated carbocycles. The number of nitrogens with zero attached hydrogens (tertiary/aromatic N) is 1. The van der Waals surface area contributed by atoms with Crippen molar-refractivity contribution < 1.29 is 9.53 Å². The lowest BCUT2D eigenvalue weighted by Gasteiger charge is -2.01. The van der Waals surface area contributed by atoms with Crippen LogP contribution in [0.15, 0.2) is 35.5 Å². The molecule has 1 unspecified atom stereocenters. The lowest BCUT2D eigenvalue weighted by Crippen LogP contribution is -2.17. The second kappa shape index (κ2) is 3.73. The molecular weight excluding hydrogens is 216 g/mol. The van der Waals surface area contributed by atoms with E-state index in [1.54, 1.807) is 6.92 Å². The highest BCUT2D eigenvalue weighted by Gasteiger charge is 2.27. The molecular formula is C13H12N2O2. The molecule has 0 bridgehead atoms. The van der Waals surface area contributed by atoms with Crippen LogP contribution in [0.5, 0.6) is 0 Å². The number of cyclic esters (lactones) is 1. The van der Waals surface area contributed by atoms with Crippen LogP contribution in [0.4, 0.5) is 0 Å². The minimum Gasteiger partial charge on any atom is -0.411 e. The Hall–Kier alpha value is -2.10. The first-order valence-electron chi connectivity index (χ1n) is 5.55. The van der Waals surface area contributed by atoms with Crippen LogP contribution < -0.4 is 0 Å². The highest BCUT2D eigenvalue weighted by Crippen LogP contribution is 2.21. The van der Waals surface area contributed by atoms with Crippen molar-refractivity contribution in [2.45, 2.75) is 19.4 Å². The number of aliphatic imine (C=N–C) groups is 1. The number of ether oxygens (including phenoxy) is 1. The van der Waals surface area contributed by atoms with Gasteiger partial charge in [0.1, 0.15) is 0 Å². The first-order valence-corrected chi connectivity index (χ1v) is 5.55. The number of aromatic nitrogens is 1. The minimum absolute atomic E-state index is 0.257. The molecule has 0 amide bonds. The fourth-order valence-corrected chi connectivity index (χ4v) is 2.15. The summed E-state index contributed by atoms with van der Waals surface area (Å²) in [5.74, 6) is 0.202. The lowest BCUT2D eigenvalue weighted by molar-refractivity contribution is -0.134. The smallest absolute Gasteiger partial charge is 0.337 e. The van der Waals surface area contributed by atoms with Crippen LogP contribution in [-0.2, 0) is 16.0 Å². The fraction of sp³-hybridized carbons (Fsp3) is 0.231. The van der Waals surface area contributed by atoms with Gasteiger partial charge in [0.2, 0.25) is 0 Å². The topological polar surface area (TPSA) is 54.5 Å². The normalized spacial score (nSPS) is 19.5. The molecule has 1 aromatic carbocycles. The number of fused-ring (bicyclic) bond motifs is 1. The Morgan fingerprint density at radius 3 is 3.00 bits per heavy atom. The van der Waals surface area contributed by atoms with Crippen molar-refractivity contribution in [2.24, 2.45) is 4.99 Å². The number of rotatable bonds is 2. The number of hydrogen-bond donors (Lipinski definition) is 1.